The molecule has 0 aromatic heterocycles. The molecule has 2 rings (SSSR count). The molecule has 0 saturated carbocycles. The van der Waals surface area contributed by atoms with Crippen molar-refractivity contribution in [3.8, 4) is 0 Å². The highest BCUT2D eigenvalue weighted by Crippen LogP contribution is 2.32. The summed E-state index contributed by atoms with van der Waals surface area (Å²) in [6.45, 7) is 0.858. The van der Waals surface area contributed by atoms with Crippen LogP contribution in [-0.4, -0.2) is 31.8 Å². The summed E-state index contributed by atoms with van der Waals surface area (Å²) in [6.07, 6.45) is 2.68. The molecule has 1 aromatic rings. The lowest BCUT2D eigenvalue weighted by molar-refractivity contribution is -0.121. The number of aldehydes is 1. The van der Waals surface area contributed by atoms with Crippen molar-refractivity contribution in [2.45, 2.75) is 18.9 Å². The van der Waals surface area contributed by atoms with Crippen LogP contribution in [0.2, 0.25) is 0 Å². The summed E-state index contributed by atoms with van der Waals surface area (Å²) >= 11 is 3.46. The standard InChI is InChI=1S/C13H15BrN2O2/c1-15-13(18)12-3-2-6-16(12)11-5-4-9(8-17)7-10(11)14/h4-5,7-8,12H,2-3,6H2,1H3,(H,15,18). The molecule has 96 valence electrons. The van der Waals surface area contributed by atoms with E-state index in [1.165, 1.54) is 0 Å². The fraction of sp³-hybridized carbons (Fsp3) is 0.385. The number of likely N-dealkylation sites (N-methyl/N-ethyl adjacent to an activating group) is 1. The van der Waals surface area contributed by atoms with Crippen molar-refractivity contribution in [1.82, 2.24) is 5.32 Å². The third-order valence-electron chi connectivity index (χ3n) is 3.22. The molecule has 1 aliphatic rings. The summed E-state index contributed by atoms with van der Waals surface area (Å²) in [7, 11) is 1.66. The van der Waals surface area contributed by atoms with Gasteiger partial charge in [0.1, 0.15) is 12.3 Å². The number of amides is 1. The van der Waals surface area contributed by atoms with Gasteiger partial charge in [-0.2, -0.15) is 0 Å². The zero-order valence-corrected chi connectivity index (χ0v) is 11.7. The molecular weight excluding hydrogens is 296 g/mol. The fourth-order valence-electron chi connectivity index (χ4n) is 2.32. The van der Waals surface area contributed by atoms with E-state index in [1.54, 1.807) is 19.2 Å². The fourth-order valence-corrected chi connectivity index (χ4v) is 2.95. The molecule has 1 atom stereocenters. The third kappa shape index (κ3) is 2.41. The molecule has 4 nitrogen and oxygen atoms in total. The van der Waals surface area contributed by atoms with Gasteiger partial charge in [0.2, 0.25) is 5.91 Å². The van der Waals surface area contributed by atoms with Crippen molar-refractivity contribution >= 4 is 33.8 Å². The van der Waals surface area contributed by atoms with Crippen LogP contribution in [0.1, 0.15) is 23.2 Å². The number of anilines is 1. The van der Waals surface area contributed by atoms with Gasteiger partial charge in [0, 0.05) is 23.6 Å². The van der Waals surface area contributed by atoms with Crippen LogP contribution in [0.25, 0.3) is 0 Å². The Bertz CT molecular complexity index is 476. The molecule has 5 heteroatoms. The molecule has 1 unspecified atom stereocenters. The summed E-state index contributed by atoms with van der Waals surface area (Å²) in [4.78, 5) is 24.6. The first-order valence-electron chi connectivity index (χ1n) is 5.90. The van der Waals surface area contributed by atoms with Gasteiger partial charge in [0.05, 0.1) is 5.69 Å². The lowest BCUT2D eigenvalue weighted by atomic mass is 10.1. The van der Waals surface area contributed by atoms with E-state index in [9.17, 15) is 9.59 Å². The molecule has 0 aliphatic carbocycles. The van der Waals surface area contributed by atoms with E-state index in [2.05, 4.69) is 26.1 Å². The molecule has 1 aliphatic heterocycles. The first-order chi connectivity index (χ1) is 8.67. The summed E-state index contributed by atoms with van der Waals surface area (Å²) in [5, 5.41) is 2.70. The lowest BCUT2D eigenvalue weighted by Gasteiger charge is -2.26. The highest BCUT2D eigenvalue weighted by molar-refractivity contribution is 9.10. The number of carbonyl (C=O) groups excluding carboxylic acids is 2. The second-order valence-corrected chi connectivity index (χ2v) is 5.15. The number of hydrogen-bond acceptors (Lipinski definition) is 3. The van der Waals surface area contributed by atoms with Crippen LogP contribution in [-0.2, 0) is 4.79 Å². The van der Waals surface area contributed by atoms with E-state index >= 15 is 0 Å². The Kier molecular flexibility index (Phi) is 4.01. The Balaban J connectivity index is 2.30. The van der Waals surface area contributed by atoms with Gasteiger partial charge in [-0.15, -0.1) is 0 Å². The molecule has 0 radical (unpaired) electrons. The SMILES string of the molecule is CNC(=O)C1CCCN1c1ccc(C=O)cc1Br. The molecule has 1 fully saturated rings. The Labute approximate surface area is 114 Å². The van der Waals surface area contributed by atoms with Gasteiger partial charge in [-0.05, 0) is 47.0 Å². The summed E-state index contributed by atoms with van der Waals surface area (Å²) in [5.41, 5.74) is 1.59. The zero-order chi connectivity index (χ0) is 13.1. The monoisotopic (exact) mass is 310 g/mol. The van der Waals surface area contributed by atoms with Crippen LogP contribution in [0.15, 0.2) is 22.7 Å². The second-order valence-electron chi connectivity index (χ2n) is 4.29. The quantitative estimate of drug-likeness (QED) is 0.869. The molecule has 1 heterocycles. The lowest BCUT2D eigenvalue weighted by Crippen LogP contribution is -2.42. The van der Waals surface area contributed by atoms with Crippen molar-refractivity contribution in [3.63, 3.8) is 0 Å². The van der Waals surface area contributed by atoms with E-state index < -0.39 is 0 Å². The number of nitrogens with one attached hydrogen (secondary N) is 1. The minimum absolute atomic E-state index is 0.0406. The van der Waals surface area contributed by atoms with E-state index in [-0.39, 0.29) is 11.9 Å². The average Bonchev–Trinajstić information content (AvgIpc) is 2.86. The summed E-state index contributed by atoms with van der Waals surface area (Å²) < 4.78 is 0.850. The summed E-state index contributed by atoms with van der Waals surface area (Å²) in [5.74, 6) is 0.0406. The first kappa shape index (κ1) is 13.1. The number of nitrogens with zero attached hydrogens (tertiary/aromatic N) is 1. The number of benzene rings is 1. The van der Waals surface area contributed by atoms with E-state index in [4.69, 9.17) is 0 Å². The van der Waals surface area contributed by atoms with Crippen molar-refractivity contribution < 1.29 is 9.59 Å². The Morgan fingerprint density at radius 3 is 2.94 bits per heavy atom. The van der Waals surface area contributed by atoms with Crippen molar-refractivity contribution in [2.75, 3.05) is 18.5 Å². The van der Waals surface area contributed by atoms with Crippen LogP contribution in [0.4, 0.5) is 5.69 Å². The average molecular weight is 311 g/mol. The molecule has 1 saturated heterocycles. The smallest absolute Gasteiger partial charge is 0.242 e. The van der Waals surface area contributed by atoms with Crippen LogP contribution < -0.4 is 10.2 Å². The summed E-state index contributed by atoms with van der Waals surface area (Å²) in [6, 6.07) is 5.32. The van der Waals surface area contributed by atoms with Crippen LogP contribution in [0.3, 0.4) is 0 Å². The molecule has 1 aromatic carbocycles. The largest absolute Gasteiger partial charge is 0.359 e. The third-order valence-corrected chi connectivity index (χ3v) is 3.85. The normalized spacial score (nSPS) is 18.8. The van der Waals surface area contributed by atoms with Crippen molar-refractivity contribution in [2.24, 2.45) is 0 Å². The number of carbonyl (C=O) groups is 2. The van der Waals surface area contributed by atoms with Gasteiger partial charge < -0.3 is 10.2 Å². The van der Waals surface area contributed by atoms with Crippen LogP contribution >= 0.6 is 15.9 Å². The van der Waals surface area contributed by atoms with Crippen molar-refractivity contribution in [1.29, 1.82) is 0 Å². The Hall–Kier alpha value is -1.36. The highest BCUT2D eigenvalue weighted by atomic mass is 79.9. The topological polar surface area (TPSA) is 49.4 Å². The molecular formula is C13H15BrN2O2. The van der Waals surface area contributed by atoms with Gasteiger partial charge in [-0.25, -0.2) is 0 Å². The maximum absolute atomic E-state index is 11.8. The number of rotatable bonds is 3. The van der Waals surface area contributed by atoms with Gasteiger partial charge in [-0.1, -0.05) is 0 Å². The van der Waals surface area contributed by atoms with Gasteiger partial charge in [-0.3, -0.25) is 9.59 Å². The highest BCUT2D eigenvalue weighted by Gasteiger charge is 2.31. The minimum atomic E-state index is -0.117. The number of halogens is 1. The van der Waals surface area contributed by atoms with Gasteiger partial charge in [0.25, 0.3) is 0 Å². The maximum atomic E-state index is 11.8. The van der Waals surface area contributed by atoms with E-state index in [0.717, 1.165) is 35.8 Å². The molecule has 0 bridgehead atoms. The minimum Gasteiger partial charge on any atom is -0.359 e. The maximum Gasteiger partial charge on any atom is 0.242 e. The van der Waals surface area contributed by atoms with E-state index in [0.29, 0.717) is 5.56 Å². The van der Waals surface area contributed by atoms with Gasteiger partial charge in [0.15, 0.2) is 0 Å². The van der Waals surface area contributed by atoms with Crippen molar-refractivity contribution in [3.05, 3.63) is 28.2 Å². The molecule has 1 N–H and O–H groups in total. The molecule has 18 heavy (non-hydrogen) atoms. The predicted molar refractivity (Wildman–Crippen MR) is 74.0 cm³/mol. The zero-order valence-electron chi connectivity index (χ0n) is 10.1. The molecule has 1 amide bonds. The second kappa shape index (κ2) is 5.52. The van der Waals surface area contributed by atoms with Gasteiger partial charge >= 0.3 is 0 Å². The number of hydrogen-bond donors (Lipinski definition) is 1. The van der Waals surface area contributed by atoms with Crippen LogP contribution in [0.5, 0.6) is 0 Å². The first-order valence-corrected chi connectivity index (χ1v) is 6.69. The van der Waals surface area contributed by atoms with E-state index in [1.807, 2.05) is 6.07 Å². The Morgan fingerprint density at radius 1 is 1.56 bits per heavy atom. The molecule has 0 spiro atoms. The predicted octanol–water partition coefficient (Wildman–Crippen LogP) is 1.98. The van der Waals surface area contributed by atoms with Crippen LogP contribution in [0, 0.1) is 0 Å². The Morgan fingerprint density at radius 2 is 2.33 bits per heavy atom.